The smallest absolute Gasteiger partial charge is 0.0731 e. The second-order valence-corrected chi connectivity index (χ2v) is 5.64. The molecule has 0 amide bonds. The highest BCUT2D eigenvalue weighted by atomic mass is 79.9. The van der Waals surface area contributed by atoms with Crippen LogP contribution in [0.25, 0.3) is 0 Å². The van der Waals surface area contributed by atoms with Crippen molar-refractivity contribution in [3.63, 3.8) is 0 Å². The van der Waals surface area contributed by atoms with Crippen LogP contribution in [0.3, 0.4) is 0 Å². The van der Waals surface area contributed by atoms with E-state index in [1.54, 1.807) is 0 Å². The number of rotatable bonds is 5. The highest BCUT2D eigenvalue weighted by Gasteiger charge is 2.12. The van der Waals surface area contributed by atoms with Crippen LogP contribution < -0.4 is 5.32 Å². The van der Waals surface area contributed by atoms with Crippen molar-refractivity contribution in [1.82, 2.24) is 5.32 Å². The Kier molecular flexibility index (Phi) is 4.85. The van der Waals surface area contributed by atoms with Crippen molar-refractivity contribution in [3.8, 4) is 0 Å². The zero-order chi connectivity index (χ0) is 10.6. The highest BCUT2D eigenvalue weighted by Crippen LogP contribution is 2.32. The van der Waals surface area contributed by atoms with Gasteiger partial charge in [-0.15, -0.1) is 17.9 Å². The first kappa shape index (κ1) is 12.0. The second-order valence-electron chi connectivity index (χ2n) is 3.24. The minimum atomic E-state index is 0.424. The Morgan fingerprint density at radius 1 is 1.71 bits per heavy atom. The molecule has 1 atom stereocenters. The Labute approximate surface area is 98.4 Å². The number of aryl methyl sites for hydroxylation is 1. The van der Waals surface area contributed by atoms with Gasteiger partial charge in [0.2, 0.25) is 0 Å². The number of halogens is 1. The Bertz CT molecular complexity index is 287. The third kappa shape index (κ3) is 2.94. The standard InChI is InChI=1S/C11H16BrNS/c1-4-6-9(13-5-2)10-7-8(3)11(12)14-10/h4,7,9,13H,1,5-6H2,2-3H3. The van der Waals surface area contributed by atoms with Crippen LogP contribution in [0, 0.1) is 6.92 Å². The van der Waals surface area contributed by atoms with Gasteiger partial charge in [-0.2, -0.15) is 0 Å². The lowest BCUT2D eigenvalue weighted by molar-refractivity contribution is 0.567. The van der Waals surface area contributed by atoms with Crippen LogP contribution >= 0.6 is 27.3 Å². The van der Waals surface area contributed by atoms with Gasteiger partial charge in [0.25, 0.3) is 0 Å². The summed E-state index contributed by atoms with van der Waals surface area (Å²) in [7, 11) is 0. The fourth-order valence-electron chi connectivity index (χ4n) is 1.37. The predicted molar refractivity (Wildman–Crippen MR) is 68.0 cm³/mol. The van der Waals surface area contributed by atoms with Crippen LogP contribution in [0.15, 0.2) is 22.5 Å². The van der Waals surface area contributed by atoms with Gasteiger partial charge in [0.15, 0.2) is 0 Å². The summed E-state index contributed by atoms with van der Waals surface area (Å²) in [6.07, 6.45) is 2.95. The Morgan fingerprint density at radius 2 is 2.43 bits per heavy atom. The molecule has 0 aliphatic carbocycles. The van der Waals surface area contributed by atoms with Crippen LogP contribution in [-0.4, -0.2) is 6.54 Å². The lowest BCUT2D eigenvalue weighted by Crippen LogP contribution is -2.19. The number of thiophene rings is 1. The van der Waals surface area contributed by atoms with Gasteiger partial charge in [-0.3, -0.25) is 0 Å². The molecule has 1 nitrogen and oxygen atoms in total. The summed E-state index contributed by atoms with van der Waals surface area (Å²) in [5.41, 5.74) is 1.32. The van der Waals surface area contributed by atoms with E-state index in [1.165, 1.54) is 14.2 Å². The predicted octanol–water partition coefficient (Wildman–Crippen LogP) is 4.05. The van der Waals surface area contributed by atoms with E-state index in [2.05, 4.69) is 47.7 Å². The van der Waals surface area contributed by atoms with E-state index in [0.29, 0.717) is 6.04 Å². The summed E-state index contributed by atoms with van der Waals surface area (Å²) < 4.78 is 1.24. The summed E-state index contributed by atoms with van der Waals surface area (Å²) >= 11 is 5.36. The van der Waals surface area contributed by atoms with Gasteiger partial charge in [-0.05, 0) is 47.4 Å². The molecule has 0 saturated carbocycles. The minimum absolute atomic E-state index is 0.424. The first-order chi connectivity index (χ1) is 6.69. The molecule has 0 spiro atoms. The molecule has 1 heterocycles. The van der Waals surface area contributed by atoms with E-state index in [-0.39, 0.29) is 0 Å². The van der Waals surface area contributed by atoms with Crippen LogP contribution in [0.1, 0.15) is 29.8 Å². The molecule has 0 bridgehead atoms. The Hall–Kier alpha value is -0.120. The lowest BCUT2D eigenvalue weighted by Gasteiger charge is -2.13. The van der Waals surface area contributed by atoms with Crippen molar-refractivity contribution in [2.45, 2.75) is 26.3 Å². The van der Waals surface area contributed by atoms with Crippen molar-refractivity contribution in [3.05, 3.63) is 32.9 Å². The van der Waals surface area contributed by atoms with Crippen molar-refractivity contribution in [1.29, 1.82) is 0 Å². The van der Waals surface area contributed by atoms with E-state index in [4.69, 9.17) is 0 Å². The zero-order valence-corrected chi connectivity index (χ0v) is 11.0. The van der Waals surface area contributed by atoms with Gasteiger partial charge in [0.1, 0.15) is 0 Å². The molecule has 1 aromatic heterocycles. The van der Waals surface area contributed by atoms with Crippen molar-refractivity contribution in [2.24, 2.45) is 0 Å². The molecule has 1 N–H and O–H groups in total. The molecule has 14 heavy (non-hydrogen) atoms. The van der Waals surface area contributed by atoms with Gasteiger partial charge < -0.3 is 5.32 Å². The molecule has 3 heteroatoms. The van der Waals surface area contributed by atoms with Crippen molar-refractivity contribution < 1.29 is 0 Å². The van der Waals surface area contributed by atoms with Gasteiger partial charge in [0, 0.05) is 10.9 Å². The lowest BCUT2D eigenvalue weighted by atomic mass is 10.1. The maximum absolute atomic E-state index is 3.79. The van der Waals surface area contributed by atoms with E-state index in [0.717, 1.165) is 13.0 Å². The average molecular weight is 274 g/mol. The third-order valence-electron chi connectivity index (χ3n) is 2.07. The molecule has 0 radical (unpaired) electrons. The maximum Gasteiger partial charge on any atom is 0.0731 e. The SMILES string of the molecule is C=CCC(NCC)c1cc(C)c(Br)s1. The molecular formula is C11H16BrNS. The van der Waals surface area contributed by atoms with Crippen LogP contribution in [0.5, 0.6) is 0 Å². The number of hydrogen-bond acceptors (Lipinski definition) is 2. The molecule has 0 fully saturated rings. The first-order valence-corrected chi connectivity index (χ1v) is 6.40. The quantitative estimate of drug-likeness (QED) is 0.799. The van der Waals surface area contributed by atoms with Crippen LogP contribution in [0.4, 0.5) is 0 Å². The molecule has 0 aromatic carbocycles. The van der Waals surface area contributed by atoms with Crippen LogP contribution in [-0.2, 0) is 0 Å². The van der Waals surface area contributed by atoms with Gasteiger partial charge in [0.05, 0.1) is 3.79 Å². The number of hydrogen-bond donors (Lipinski definition) is 1. The van der Waals surface area contributed by atoms with Gasteiger partial charge >= 0.3 is 0 Å². The molecule has 0 aliphatic heterocycles. The first-order valence-electron chi connectivity index (χ1n) is 4.79. The van der Waals surface area contributed by atoms with E-state index >= 15 is 0 Å². The Balaban J connectivity index is 2.81. The second kappa shape index (κ2) is 5.69. The summed E-state index contributed by atoms with van der Waals surface area (Å²) in [5, 5.41) is 3.46. The fourth-order valence-corrected chi connectivity index (χ4v) is 3.03. The average Bonchev–Trinajstić information content (AvgIpc) is 2.47. The monoisotopic (exact) mass is 273 g/mol. The molecule has 1 rings (SSSR count). The fraction of sp³-hybridized carbons (Fsp3) is 0.455. The normalized spacial score (nSPS) is 12.8. The highest BCUT2D eigenvalue weighted by molar-refractivity contribution is 9.11. The van der Waals surface area contributed by atoms with Crippen molar-refractivity contribution in [2.75, 3.05) is 6.54 Å². The molecular weight excluding hydrogens is 258 g/mol. The third-order valence-corrected chi connectivity index (χ3v) is 4.32. The van der Waals surface area contributed by atoms with Crippen molar-refractivity contribution >= 4 is 27.3 Å². The topological polar surface area (TPSA) is 12.0 Å². The van der Waals surface area contributed by atoms with E-state index in [9.17, 15) is 0 Å². The molecule has 1 unspecified atom stereocenters. The van der Waals surface area contributed by atoms with Gasteiger partial charge in [-0.1, -0.05) is 13.0 Å². The summed E-state index contributed by atoms with van der Waals surface area (Å²) in [5.74, 6) is 0. The summed E-state index contributed by atoms with van der Waals surface area (Å²) in [6.45, 7) is 9.04. The van der Waals surface area contributed by atoms with E-state index in [1.807, 2.05) is 17.4 Å². The molecule has 0 aliphatic rings. The maximum atomic E-state index is 3.79. The van der Waals surface area contributed by atoms with E-state index < -0.39 is 0 Å². The summed E-state index contributed by atoms with van der Waals surface area (Å²) in [6, 6.07) is 2.67. The largest absolute Gasteiger partial charge is 0.309 e. The number of nitrogens with one attached hydrogen (secondary N) is 1. The molecule has 1 aromatic rings. The zero-order valence-electron chi connectivity index (χ0n) is 8.64. The molecule has 78 valence electrons. The molecule has 0 saturated heterocycles. The minimum Gasteiger partial charge on any atom is -0.309 e. The van der Waals surface area contributed by atoms with Crippen LogP contribution in [0.2, 0.25) is 0 Å². The summed E-state index contributed by atoms with van der Waals surface area (Å²) in [4.78, 5) is 1.39. The Morgan fingerprint density at radius 3 is 2.86 bits per heavy atom. The van der Waals surface area contributed by atoms with Gasteiger partial charge in [-0.25, -0.2) is 0 Å².